The van der Waals surface area contributed by atoms with Crippen molar-refractivity contribution in [3.05, 3.63) is 35.1 Å². The second-order valence-corrected chi connectivity index (χ2v) is 5.85. The number of carboxylic acids is 1. The first-order valence-electron chi connectivity index (χ1n) is 6.95. The summed E-state index contributed by atoms with van der Waals surface area (Å²) in [4.78, 5) is 11.7. The van der Waals surface area contributed by atoms with Crippen molar-refractivity contribution in [2.45, 2.75) is 46.0 Å². The van der Waals surface area contributed by atoms with E-state index in [9.17, 15) is 14.3 Å². The van der Waals surface area contributed by atoms with Gasteiger partial charge in [0.25, 0.3) is 0 Å². The maximum atomic E-state index is 13.3. The molecule has 2 atom stereocenters. The predicted octanol–water partition coefficient (Wildman–Crippen LogP) is 3.96. The predicted molar refractivity (Wildman–Crippen MR) is 72.5 cm³/mol. The first kappa shape index (κ1) is 14.0. The second-order valence-electron chi connectivity index (χ2n) is 5.85. The van der Waals surface area contributed by atoms with Crippen LogP contribution in [0.25, 0.3) is 0 Å². The lowest BCUT2D eigenvalue weighted by molar-refractivity contribution is -0.148. The molecule has 0 bridgehead atoms. The van der Waals surface area contributed by atoms with Gasteiger partial charge >= 0.3 is 5.97 Å². The molecule has 3 heteroatoms. The lowest BCUT2D eigenvalue weighted by Crippen LogP contribution is -2.31. The molecule has 0 saturated heterocycles. The summed E-state index contributed by atoms with van der Waals surface area (Å²) in [5, 5.41) is 9.60. The quantitative estimate of drug-likeness (QED) is 0.893. The monoisotopic (exact) mass is 264 g/mol. The molecule has 2 rings (SSSR count). The number of rotatable bonds is 4. The van der Waals surface area contributed by atoms with Crippen molar-refractivity contribution in [3.63, 3.8) is 0 Å². The summed E-state index contributed by atoms with van der Waals surface area (Å²) in [5.74, 6) is -0.525. The minimum atomic E-state index is -0.730. The Kier molecular flexibility index (Phi) is 3.93. The summed E-state index contributed by atoms with van der Waals surface area (Å²) in [5.41, 5.74) is 1.11. The first-order valence-corrected chi connectivity index (χ1v) is 6.95. The fraction of sp³-hybridized carbons (Fsp3) is 0.562. The van der Waals surface area contributed by atoms with E-state index in [1.54, 1.807) is 6.07 Å². The zero-order valence-corrected chi connectivity index (χ0v) is 11.6. The van der Waals surface area contributed by atoms with Crippen LogP contribution >= 0.6 is 0 Å². The van der Waals surface area contributed by atoms with Crippen LogP contribution in [0.2, 0.25) is 0 Å². The van der Waals surface area contributed by atoms with Gasteiger partial charge in [0.1, 0.15) is 5.82 Å². The fourth-order valence-corrected chi connectivity index (χ4v) is 3.21. The van der Waals surface area contributed by atoms with E-state index in [0.29, 0.717) is 18.8 Å². The highest BCUT2D eigenvalue weighted by Crippen LogP contribution is 2.46. The van der Waals surface area contributed by atoms with Crippen molar-refractivity contribution < 1.29 is 14.3 Å². The number of benzene rings is 1. The molecule has 1 fully saturated rings. The van der Waals surface area contributed by atoms with Gasteiger partial charge in [-0.1, -0.05) is 19.4 Å². The van der Waals surface area contributed by atoms with E-state index in [4.69, 9.17) is 0 Å². The third kappa shape index (κ3) is 2.80. The number of halogens is 1. The summed E-state index contributed by atoms with van der Waals surface area (Å²) in [6.07, 6.45) is 3.86. The van der Waals surface area contributed by atoms with Crippen LogP contribution in [-0.2, 0) is 11.2 Å². The maximum absolute atomic E-state index is 13.3. The zero-order chi connectivity index (χ0) is 14.0. The number of hydrogen-bond acceptors (Lipinski definition) is 1. The highest BCUT2D eigenvalue weighted by molar-refractivity contribution is 5.75. The standard InChI is InChI=1S/C16H21FO2/c1-3-12-6-7-16(9-12,15(18)19)10-13-8-14(17)5-4-11(13)2/h4-5,8,12H,3,6-7,9-10H2,1-2H3,(H,18,19). The van der Waals surface area contributed by atoms with E-state index in [1.165, 1.54) is 12.1 Å². The van der Waals surface area contributed by atoms with Gasteiger partial charge in [-0.05, 0) is 61.8 Å². The Morgan fingerprint density at radius 1 is 1.53 bits per heavy atom. The van der Waals surface area contributed by atoms with Crippen molar-refractivity contribution in [1.29, 1.82) is 0 Å². The Balaban J connectivity index is 2.27. The van der Waals surface area contributed by atoms with Gasteiger partial charge in [0.2, 0.25) is 0 Å². The van der Waals surface area contributed by atoms with Crippen LogP contribution in [0, 0.1) is 24.1 Å². The normalized spacial score (nSPS) is 26.6. The molecule has 104 valence electrons. The summed E-state index contributed by atoms with van der Waals surface area (Å²) in [6, 6.07) is 4.64. The summed E-state index contributed by atoms with van der Waals surface area (Å²) in [6.45, 7) is 4.02. The molecule has 1 N–H and O–H groups in total. The van der Waals surface area contributed by atoms with Gasteiger partial charge in [-0.15, -0.1) is 0 Å². The first-order chi connectivity index (χ1) is 8.97. The van der Waals surface area contributed by atoms with Crippen LogP contribution in [0.1, 0.15) is 43.7 Å². The van der Waals surface area contributed by atoms with E-state index >= 15 is 0 Å². The Hall–Kier alpha value is -1.38. The Morgan fingerprint density at radius 2 is 2.26 bits per heavy atom. The number of aliphatic carboxylic acids is 1. The van der Waals surface area contributed by atoms with Gasteiger partial charge < -0.3 is 5.11 Å². The molecule has 19 heavy (non-hydrogen) atoms. The molecule has 0 radical (unpaired) electrons. The molecular formula is C16H21FO2. The SMILES string of the molecule is CCC1CCC(Cc2cc(F)ccc2C)(C(=O)O)C1. The van der Waals surface area contributed by atoms with Crippen LogP contribution < -0.4 is 0 Å². The van der Waals surface area contributed by atoms with Crippen LogP contribution in [0.5, 0.6) is 0 Å². The van der Waals surface area contributed by atoms with Crippen LogP contribution in [0.4, 0.5) is 4.39 Å². The lowest BCUT2D eigenvalue weighted by atomic mass is 9.78. The van der Waals surface area contributed by atoms with Crippen molar-refractivity contribution >= 4 is 5.97 Å². The van der Waals surface area contributed by atoms with Crippen molar-refractivity contribution in [2.24, 2.45) is 11.3 Å². The lowest BCUT2D eigenvalue weighted by Gasteiger charge is -2.25. The molecule has 1 saturated carbocycles. The minimum Gasteiger partial charge on any atom is -0.481 e. The maximum Gasteiger partial charge on any atom is 0.309 e. The molecule has 0 heterocycles. The molecule has 2 nitrogen and oxygen atoms in total. The van der Waals surface area contributed by atoms with Gasteiger partial charge in [0.15, 0.2) is 0 Å². The highest BCUT2D eigenvalue weighted by Gasteiger charge is 2.45. The second kappa shape index (κ2) is 5.32. The van der Waals surface area contributed by atoms with Gasteiger partial charge in [0, 0.05) is 0 Å². The highest BCUT2D eigenvalue weighted by atomic mass is 19.1. The molecular weight excluding hydrogens is 243 g/mol. The summed E-state index contributed by atoms with van der Waals surface area (Å²) >= 11 is 0. The number of hydrogen-bond donors (Lipinski definition) is 1. The largest absolute Gasteiger partial charge is 0.481 e. The third-order valence-electron chi connectivity index (χ3n) is 4.58. The van der Waals surface area contributed by atoms with Crippen molar-refractivity contribution in [2.75, 3.05) is 0 Å². The average molecular weight is 264 g/mol. The van der Waals surface area contributed by atoms with Crippen molar-refractivity contribution in [1.82, 2.24) is 0 Å². The molecule has 0 spiro atoms. The van der Waals surface area contributed by atoms with Gasteiger partial charge in [-0.25, -0.2) is 4.39 Å². The number of carboxylic acid groups (broad SMARTS) is 1. The minimum absolute atomic E-state index is 0.286. The Labute approximate surface area is 113 Å². The number of carbonyl (C=O) groups is 1. The topological polar surface area (TPSA) is 37.3 Å². The smallest absolute Gasteiger partial charge is 0.309 e. The molecule has 2 unspecified atom stereocenters. The van der Waals surface area contributed by atoms with E-state index in [2.05, 4.69) is 6.92 Å². The molecule has 1 aromatic carbocycles. The van der Waals surface area contributed by atoms with Crippen LogP contribution in [-0.4, -0.2) is 11.1 Å². The zero-order valence-electron chi connectivity index (χ0n) is 11.6. The molecule has 0 amide bonds. The van der Waals surface area contributed by atoms with Crippen molar-refractivity contribution in [3.8, 4) is 0 Å². The fourth-order valence-electron chi connectivity index (χ4n) is 3.21. The average Bonchev–Trinajstić information content (AvgIpc) is 2.79. The molecule has 0 aromatic heterocycles. The number of aryl methyl sites for hydroxylation is 1. The molecule has 0 aliphatic heterocycles. The Morgan fingerprint density at radius 3 is 2.84 bits per heavy atom. The van der Waals surface area contributed by atoms with E-state index in [-0.39, 0.29) is 5.82 Å². The van der Waals surface area contributed by atoms with Crippen LogP contribution in [0.3, 0.4) is 0 Å². The van der Waals surface area contributed by atoms with Gasteiger partial charge in [-0.2, -0.15) is 0 Å². The van der Waals surface area contributed by atoms with Crippen LogP contribution in [0.15, 0.2) is 18.2 Å². The van der Waals surface area contributed by atoms with Gasteiger partial charge in [0.05, 0.1) is 5.41 Å². The molecule has 1 aliphatic carbocycles. The third-order valence-corrected chi connectivity index (χ3v) is 4.58. The molecule has 1 aromatic rings. The Bertz CT molecular complexity index is 484. The summed E-state index contributed by atoms with van der Waals surface area (Å²) in [7, 11) is 0. The van der Waals surface area contributed by atoms with E-state index < -0.39 is 11.4 Å². The van der Waals surface area contributed by atoms with Gasteiger partial charge in [-0.3, -0.25) is 4.79 Å². The van der Waals surface area contributed by atoms with E-state index in [0.717, 1.165) is 30.4 Å². The summed E-state index contributed by atoms with van der Waals surface area (Å²) < 4.78 is 13.3. The molecule has 1 aliphatic rings. The van der Waals surface area contributed by atoms with E-state index in [1.807, 2.05) is 6.92 Å².